The Labute approximate surface area is 205 Å². The first-order valence-electron chi connectivity index (χ1n) is 10.5. The Kier molecular flexibility index (Phi) is 6.21. The maximum atomic E-state index is 12.6. The fourth-order valence-electron chi connectivity index (χ4n) is 3.35. The summed E-state index contributed by atoms with van der Waals surface area (Å²) >= 11 is 1.18. The minimum absolute atomic E-state index is 0.0526. The lowest BCUT2D eigenvalue weighted by Gasteiger charge is -2.07. The Hall–Kier alpha value is -4.15. The molecule has 2 heterocycles. The van der Waals surface area contributed by atoms with Gasteiger partial charge in [0, 0.05) is 17.3 Å². The smallest absolute Gasteiger partial charge is 0.291 e. The van der Waals surface area contributed by atoms with Crippen molar-refractivity contribution in [2.24, 2.45) is 0 Å². The van der Waals surface area contributed by atoms with E-state index in [0.717, 1.165) is 10.8 Å². The molecule has 176 valence electrons. The van der Waals surface area contributed by atoms with Gasteiger partial charge in [-0.15, -0.1) is 11.3 Å². The van der Waals surface area contributed by atoms with Crippen molar-refractivity contribution in [3.8, 4) is 5.75 Å². The van der Waals surface area contributed by atoms with E-state index in [2.05, 4.69) is 15.0 Å². The molecule has 8 nitrogen and oxygen atoms in total. The van der Waals surface area contributed by atoms with Crippen LogP contribution < -0.4 is 14.8 Å². The summed E-state index contributed by atoms with van der Waals surface area (Å²) in [4.78, 5) is 16.5. The van der Waals surface area contributed by atoms with Gasteiger partial charge in [-0.25, -0.2) is 13.4 Å². The lowest BCUT2D eigenvalue weighted by atomic mass is 10.1. The molecule has 10 heteroatoms. The van der Waals surface area contributed by atoms with Gasteiger partial charge < -0.3 is 14.5 Å². The van der Waals surface area contributed by atoms with Crippen LogP contribution in [-0.4, -0.2) is 19.3 Å². The van der Waals surface area contributed by atoms with E-state index in [-0.39, 0.29) is 22.4 Å². The molecule has 5 rings (SSSR count). The third-order valence-corrected chi connectivity index (χ3v) is 7.24. The van der Waals surface area contributed by atoms with E-state index in [0.29, 0.717) is 17.2 Å². The first-order valence-corrected chi connectivity index (χ1v) is 12.9. The standard InChI is InChI=1S/C25H19N3O5S2/c29-24(27-19-6-10-22(11-7-19)35(30,31)28-25-26-13-14-34-25)23-12-9-21(33-23)16-32-20-8-5-17-3-1-2-4-18(17)15-20/h1-15H,16H2,(H,26,28)(H,27,29). The van der Waals surface area contributed by atoms with Crippen molar-refractivity contribution < 1.29 is 22.4 Å². The number of benzene rings is 3. The van der Waals surface area contributed by atoms with Crippen LogP contribution in [0.4, 0.5) is 10.8 Å². The van der Waals surface area contributed by atoms with E-state index in [4.69, 9.17) is 9.15 Å². The van der Waals surface area contributed by atoms with Gasteiger partial charge in [0.15, 0.2) is 10.9 Å². The van der Waals surface area contributed by atoms with Crippen LogP contribution in [0, 0.1) is 0 Å². The maximum Gasteiger partial charge on any atom is 0.291 e. The SMILES string of the molecule is O=C(Nc1ccc(S(=O)(=O)Nc2nccs2)cc1)c1ccc(COc2ccc3ccccc3c2)o1. The van der Waals surface area contributed by atoms with Crippen molar-refractivity contribution >= 4 is 48.9 Å². The summed E-state index contributed by atoms with van der Waals surface area (Å²) in [5, 5.41) is 6.84. The van der Waals surface area contributed by atoms with Gasteiger partial charge in [-0.1, -0.05) is 30.3 Å². The zero-order valence-electron chi connectivity index (χ0n) is 18.2. The fourth-order valence-corrected chi connectivity index (χ4v) is 5.14. The quantitative estimate of drug-likeness (QED) is 0.287. The number of nitrogens with one attached hydrogen (secondary N) is 2. The molecule has 35 heavy (non-hydrogen) atoms. The highest BCUT2D eigenvalue weighted by Gasteiger charge is 2.16. The molecule has 0 aliphatic heterocycles. The number of furan rings is 1. The van der Waals surface area contributed by atoms with E-state index in [1.165, 1.54) is 41.8 Å². The number of sulfonamides is 1. The van der Waals surface area contributed by atoms with E-state index in [9.17, 15) is 13.2 Å². The monoisotopic (exact) mass is 505 g/mol. The normalized spacial score (nSPS) is 11.3. The Bertz CT molecular complexity index is 1580. The molecule has 0 radical (unpaired) electrons. The van der Waals surface area contributed by atoms with E-state index in [1.54, 1.807) is 17.5 Å². The largest absolute Gasteiger partial charge is 0.486 e. The molecule has 0 aliphatic rings. The number of nitrogens with zero attached hydrogens (tertiary/aromatic N) is 1. The number of aromatic nitrogens is 1. The highest BCUT2D eigenvalue weighted by atomic mass is 32.2. The summed E-state index contributed by atoms with van der Waals surface area (Å²) in [7, 11) is -3.77. The Morgan fingerprint density at radius 2 is 1.77 bits per heavy atom. The molecule has 3 aromatic carbocycles. The predicted molar refractivity (Wildman–Crippen MR) is 134 cm³/mol. The molecule has 2 N–H and O–H groups in total. The number of rotatable bonds is 8. The molecular weight excluding hydrogens is 486 g/mol. The number of thiazole rings is 1. The van der Waals surface area contributed by atoms with Gasteiger partial charge in [-0.2, -0.15) is 0 Å². The van der Waals surface area contributed by atoms with Gasteiger partial charge in [0.2, 0.25) is 0 Å². The van der Waals surface area contributed by atoms with Crippen LogP contribution in [0.5, 0.6) is 5.75 Å². The molecule has 0 spiro atoms. The Morgan fingerprint density at radius 3 is 2.54 bits per heavy atom. The summed E-state index contributed by atoms with van der Waals surface area (Å²) in [6.45, 7) is 0.171. The van der Waals surface area contributed by atoms with Crippen LogP contribution in [0.2, 0.25) is 0 Å². The van der Waals surface area contributed by atoms with Crippen molar-refractivity contribution in [2.75, 3.05) is 10.0 Å². The molecule has 1 amide bonds. The summed E-state index contributed by atoms with van der Waals surface area (Å²) in [5.41, 5.74) is 0.425. The molecule has 0 saturated heterocycles. The van der Waals surface area contributed by atoms with E-state index >= 15 is 0 Å². The van der Waals surface area contributed by atoms with Gasteiger partial charge in [0.1, 0.15) is 18.1 Å². The second-order valence-corrected chi connectivity index (χ2v) is 10.1. The summed E-state index contributed by atoms with van der Waals surface area (Å²) in [6, 6.07) is 22.8. The number of carbonyl (C=O) groups is 1. The van der Waals surface area contributed by atoms with Gasteiger partial charge in [-0.05, 0) is 59.3 Å². The van der Waals surface area contributed by atoms with Crippen molar-refractivity contribution in [2.45, 2.75) is 11.5 Å². The predicted octanol–water partition coefficient (Wildman–Crippen LogP) is 5.52. The minimum Gasteiger partial charge on any atom is -0.486 e. The Balaban J connectivity index is 1.19. The lowest BCUT2D eigenvalue weighted by Crippen LogP contribution is -2.13. The van der Waals surface area contributed by atoms with Crippen molar-refractivity contribution in [1.82, 2.24) is 4.98 Å². The minimum atomic E-state index is -3.77. The van der Waals surface area contributed by atoms with Crippen molar-refractivity contribution in [3.63, 3.8) is 0 Å². The topological polar surface area (TPSA) is 111 Å². The van der Waals surface area contributed by atoms with Crippen molar-refractivity contribution in [3.05, 3.63) is 102 Å². The number of hydrogen-bond acceptors (Lipinski definition) is 7. The number of amides is 1. The summed E-state index contributed by atoms with van der Waals surface area (Å²) in [6.07, 6.45) is 1.51. The van der Waals surface area contributed by atoms with Gasteiger partial charge >= 0.3 is 0 Å². The first-order chi connectivity index (χ1) is 17.0. The van der Waals surface area contributed by atoms with E-state index in [1.807, 2.05) is 42.5 Å². The number of carbonyl (C=O) groups excluding carboxylic acids is 1. The highest BCUT2D eigenvalue weighted by Crippen LogP contribution is 2.23. The average molecular weight is 506 g/mol. The molecule has 0 unspecified atom stereocenters. The second-order valence-electron chi connectivity index (χ2n) is 7.48. The third kappa shape index (κ3) is 5.34. The van der Waals surface area contributed by atoms with Crippen LogP contribution in [0.3, 0.4) is 0 Å². The molecule has 0 saturated carbocycles. The number of anilines is 2. The summed E-state index contributed by atoms with van der Waals surface area (Å²) in [5.74, 6) is 0.853. The van der Waals surface area contributed by atoms with Gasteiger partial charge in [0.25, 0.3) is 15.9 Å². The maximum absolute atomic E-state index is 12.6. The lowest BCUT2D eigenvalue weighted by molar-refractivity contribution is 0.0992. The van der Waals surface area contributed by atoms with E-state index < -0.39 is 15.9 Å². The molecule has 5 aromatic rings. The fraction of sp³-hybridized carbons (Fsp3) is 0.0400. The van der Waals surface area contributed by atoms with Crippen molar-refractivity contribution in [1.29, 1.82) is 0 Å². The van der Waals surface area contributed by atoms with Crippen LogP contribution in [0.1, 0.15) is 16.3 Å². The molecular formula is C25H19N3O5S2. The van der Waals surface area contributed by atoms with Crippen LogP contribution in [-0.2, 0) is 16.6 Å². The molecule has 2 aromatic heterocycles. The zero-order valence-corrected chi connectivity index (χ0v) is 19.8. The molecule has 0 fully saturated rings. The van der Waals surface area contributed by atoms with Crippen LogP contribution in [0.15, 0.2) is 99.8 Å². The zero-order chi connectivity index (χ0) is 24.3. The molecule has 0 aliphatic carbocycles. The van der Waals surface area contributed by atoms with Gasteiger partial charge in [0.05, 0.1) is 4.90 Å². The van der Waals surface area contributed by atoms with Gasteiger partial charge in [-0.3, -0.25) is 9.52 Å². The molecule has 0 bridgehead atoms. The molecule has 0 atom stereocenters. The number of ether oxygens (including phenoxy) is 1. The van der Waals surface area contributed by atoms with Crippen LogP contribution >= 0.6 is 11.3 Å². The Morgan fingerprint density at radius 1 is 0.971 bits per heavy atom. The average Bonchev–Trinajstić information content (AvgIpc) is 3.55. The van der Waals surface area contributed by atoms with Crippen LogP contribution in [0.25, 0.3) is 10.8 Å². The third-order valence-electron chi connectivity index (χ3n) is 5.06. The highest BCUT2D eigenvalue weighted by molar-refractivity contribution is 7.93. The summed E-state index contributed by atoms with van der Waals surface area (Å²) < 4.78 is 38.7. The second kappa shape index (κ2) is 9.61. The number of hydrogen-bond donors (Lipinski definition) is 2. The number of fused-ring (bicyclic) bond motifs is 1. The first kappa shape index (κ1) is 22.6.